The van der Waals surface area contributed by atoms with Gasteiger partial charge in [0.2, 0.25) is 0 Å². The lowest BCUT2D eigenvalue weighted by molar-refractivity contribution is 0.380. The molecule has 1 aliphatic rings. The zero-order valence-corrected chi connectivity index (χ0v) is 11.5. The van der Waals surface area contributed by atoms with Gasteiger partial charge in [0.1, 0.15) is 0 Å². The summed E-state index contributed by atoms with van der Waals surface area (Å²) in [5.41, 5.74) is 6.90. The fourth-order valence-corrected chi connectivity index (χ4v) is 3.78. The number of hydrogen-bond acceptors (Lipinski definition) is 3. The van der Waals surface area contributed by atoms with Crippen molar-refractivity contribution in [3.8, 4) is 5.75 Å². The van der Waals surface area contributed by atoms with Crippen molar-refractivity contribution in [1.82, 2.24) is 0 Å². The minimum Gasteiger partial charge on any atom is -0.494 e. The first-order valence-electron chi connectivity index (χ1n) is 6.37. The maximum absolute atomic E-state index is 13.7. The molecular formula is C14H20FNOS. The van der Waals surface area contributed by atoms with Gasteiger partial charge in [-0.3, -0.25) is 0 Å². The zero-order chi connectivity index (χ0) is 13.0. The second-order valence-corrected chi connectivity index (χ2v) is 5.91. The highest BCUT2D eigenvalue weighted by molar-refractivity contribution is 7.99. The maximum atomic E-state index is 13.7. The summed E-state index contributed by atoms with van der Waals surface area (Å²) in [7, 11) is 1.48. The number of thioether (sulfide) groups is 1. The van der Waals surface area contributed by atoms with Gasteiger partial charge in [-0.05, 0) is 60.4 Å². The minimum atomic E-state index is -0.293. The predicted molar refractivity (Wildman–Crippen MR) is 74.8 cm³/mol. The Kier molecular flexibility index (Phi) is 4.89. The van der Waals surface area contributed by atoms with Crippen LogP contribution in [0.1, 0.15) is 24.3 Å². The highest BCUT2D eigenvalue weighted by Gasteiger charge is 2.24. The van der Waals surface area contributed by atoms with E-state index in [1.165, 1.54) is 31.5 Å². The van der Waals surface area contributed by atoms with E-state index in [0.29, 0.717) is 18.2 Å². The molecule has 0 bridgehead atoms. The maximum Gasteiger partial charge on any atom is 0.165 e. The molecule has 1 saturated heterocycles. The van der Waals surface area contributed by atoms with Crippen molar-refractivity contribution in [2.45, 2.75) is 18.8 Å². The molecule has 1 fully saturated rings. The lowest BCUT2D eigenvalue weighted by Gasteiger charge is -2.29. The van der Waals surface area contributed by atoms with E-state index in [0.717, 1.165) is 5.56 Å². The standard InChI is InChI=1S/C14H20FNOS/c1-17-14-3-2-11(8-13(14)15)12(9-16)10-4-6-18-7-5-10/h2-3,8,10,12H,4-7,9,16H2,1H3. The van der Waals surface area contributed by atoms with Gasteiger partial charge in [0, 0.05) is 0 Å². The number of hydrogen-bond donors (Lipinski definition) is 1. The molecular weight excluding hydrogens is 249 g/mol. The van der Waals surface area contributed by atoms with Crippen LogP contribution in [0.25, 0.3) is 0 Å². The molecule has 2 rings (SSSR count). The van der Waals surface area contributed by atoms with Gasteiger partial charge in [0.25, 0.3) is 0 Å². The van der Waals surface area contributed by atoms with Gasteiger partial charge in [0.15, 0.2) is 11.6 Å². The molecule has 0 saturated carbocycles. The second kappa shape index (κ2) is 6.43. The molecule has 4 heteroatoms. The van der Waals surface area contributed by atoms with Gasteiger partial charge >= 0.3 is 0 Å². The Morgan fingerprint density at radius 2 is 2.17 bits per heavy atom. The number of benzene rings is 1. The first-order valence-corrected chi connectivity index (χ1v) is 7.53. The van der Waals surface area contributed by atoms with E-state index in [9.17, 15) is 4.39 Å². The Balaban J connectivity index is 2.18. The van der Waals surface area contributed by atoms with Crippen LogP contribution in [0.5, 0.6) is 5.75 Å². The molecule has 0 aromatic heterocycles. The highest BCUT2D eigenvalue weighted by atomic mass is 32.2. The summed E-state index contributed by atoms with van der Waals surface area (Å²) in [5, 5.41) is 0. The van der Waals surface area contributed by atoms with Crippen LogP contribution in [-0.4, -0.2) is 25.2 Å². The number of rotatable bonds is 4. The average molecular weight is 269 g/mol. The fourth-order valence-electron chi connectivity index (χ4n) is 2.63. The van der Waals surface area contributed by atoms with Crippen LogP contribution in [0.3, 0.4) is 0 Å². The van der Waals surface area contributed by atoms with Crippen molar-refractivity contribution in [3.05, 3.63) is 29.6 Å². The van der Waals surface area contributed by atoms with Crippen LogP contribution in [0, 0.1) is 11.7 Å². The Morgan fingerprint density at radius 1 is 1.44 bits per heavy atom. The van der Waals surface area contributed by atoms with Crippen molar-refractivity contribution in [2.75, 3.05) is 25.2 Å². The summed E-state index contributed by atoms with van der Waals surface area (Å²) in [5.74, 6) is 3.25. The average Bonchev–Trinajstić information content (AvgIpc) is 2.41. The first-order chi connectivity index (χ1) is 8.76. The molecule has 0 amide bonds. The molecule has 0 aliphatic carbocycles. The van der Waals surface area contributed by atoms with Gasteiger partial charge in [-0.1, -0.05) is 6.07 Å². The first kappa shape index (κ1) is 13.7. The molecule has 2 nitrogen and oxygen atoms in total. The largest absolute Gasteiger partial charge is 0.494 e. The smallest absolute Gasteiger partial charge is 0.165 e. The third kappa shape index (κ3) is 2.98. The van der Waals surface area contributed by atoms with Gasteiger partial charge in [0.05, 0.1) is 7.11 Å². The minimum absolute atomic E-state index is 0.270. The van der Waals surface area contributed by atoms with Crippen LogP contribution < -0.4 is 10.5 Å². The van der Waals surface area contributed by atoms with Gasteiger partial charge in [-0.15, -0.1) is 0 Å². The van der Waals surface area contributed by atoms with Crippen molar-refractivity contribution in [3.63, 3.8) is 0 Å². The molecule has 1 aliphatic heterocycles. The van der Waals surface area contributed by atoms with E-state index in [-0.39, 0.29) is 11.7 Å². The molecule has 2 N–H and O–H groups in total. The highest BCUT2D eigenvalue weighted by Crippen LogP contribution is 2.35. The van der Waals surface area contributed by atoms with Crippen molar-refractivity contribution in [2.24, 2.45) is 11.7 Å². The van der Waals surface area contributed by atoms with Crippen molar-refractivity contribution < 1.29 is 9.13 Å². The van der Waals surface area contributed by atoms with Crippen LogP contribution in [0.15, 0.2) is 18.2 Å². The molecule has 1 unspecified atom stereocenters. The molecule has 1 heterocycles. The quantitative estimate of drug-likeness (QED) is 0.912. The third-order valence-corrected chi connectivity index (χ3v) is 4.74. The van der Waals surface area contributed by atoms with E-state index in [2.05, 4.69) is 0 Å². The molecule has 0 spiro atoms. The Morgan fingerprint density at radius 3 is 2.72 bits per heavy atom. The van der Waals surface area contributed by atoms with Crippen molar-refractivity contribution >= 4 is 11.8 Å². The van der Waals surface area contributed by atoms with Gasteiger partial charge < -0.3 is 10.5 Å². The summed E-state index contributed by atoms with van der Waals surface area (Å²) in [4.78, 5) is 0. The van der Waals surface area contributed by atoms with E-state index >= 15 is 0 Å². The lowest BCUT2D eigenvalue weighted by Crippen LogP contribution is -2.25. The van der Waals surface area contributed by atoms with Crippen LogP contribution in [0.4, 0.5) is 4.39 Å². The van der Waals surface area contributed by atoms with Gasteiger partial charge in [-0.25, -0.2) is 4.39 Å². The molecule has 1 aromatic carbocycles. The summed E-state index contributed by atoms with van der Waals surface area (Å²) in [6.45, 7) is 0.584. The van der Waals surface area contributed by atoms with Crippen LogP contribution in [0.2, 0.25) is 0 Å². The Bertz CT molecular complexity index is 393. The van der Waals surface area contributed by atoms with E-state index in [1.807, 2.05) is 17.8 Å². The van der Waals surface area contributed by atoms with Gasteiger partial charge in [-0.2, -0.15) is 11.8 Å². The topological polar surface area (TPSA) is 35.2 Å². The summed E-state index contributed by atoms with van der Waals surface area (Å²) in [6.07, 6.45) is 2.36. The SMILES string of the molecule is COc1ccc(C(CN)C2CCSCC2)cc1F. The zero-order valence-electron chi connectivity index (χ0n) is 10.7. The predicted octanol–water partition coefficient (Wildman–Crippen LogP) is 3.02. The molecule has 1 aromatic rings. The monoisotopic (exact) mass is 269 g/mol. The van der Waals surface area contributed by atoms with Crippen LogP contribution in [-0.2, 0) is 0 Å². The summed E-state index contributed by atoms with van der Waals surface area (Å²) < 4.78 is 18.7. The van der Waals surface area contributed by atoms with Crippen molar-refractivity contribution in [1.29, 1.82) is 0 Å². The molecule has 0 radical (unpaired) electrons. The molecule has 18 heavy (non-hydrogen) atoms. The van der Waals surface area contributed by atoms with E-state index in [1.54, 1.807) is 12.1 Å². The Hall–Kier alpha value is -0.740. The lowest BCUT2D eigenvalue weighted by atomic mass is 9.82. The summed E-state index contributed by atoms with van der Waals surface area (Å²) >= 11 is 2.00. The number of halogens is 1. The normalized spacial score (nSPS) is 18.6. The van der Waals surface area contributed by atoms with Crippen LogP contribution >= 0.6 is 11.8 Å². The fraction of sp³-hybridized carbons (Fsp3) is 0.571. The van der Waals surface area contributed by atoms with E-state index in [4.69, 9.17) is 10.5 Å². The second-order valence-electron chi connectivity index (χ2n) is 4.69. The number of methoxy groups -OCH3 is 1. The number of nitrogens with two attached hydrogens (primary N) is 1. The summed E-state index contributed by atoms with van der Waals surface area (Å²) in [6, 6.07) is 5.23. The molecule has 100 valence electrons. The number of ether oxygens (including phenoxy) is 1. The Labute approximate surface area is 112 Å². The third-order valence-electron chi connectivity index (χ3n) is 3.69. The molecule has 1 atom stereocenters. The van der Waals surface area contributed by atoms with E-state index < -0.39 is 0 Å².